The molecule has 0 saturated heterocycles. The normalized spacial score (nSPS) is 24.7. The monoisotopic (exact) mass is 262 g/mol. The molecule has 0 aliphatic heterocycles. The van der Waals surface area contributed by atoms with E-state index in [0.29, 0.717) is 0 Å². The van der Waals surface area contributed by atoms with Gasteiger partial charge in [-0.2, -0.15) is 0 Å². The van der Waals surface area contributed by atoms with Crippen molar-refractivity contribution in [2.75, 3.05) is 6.61 Å². The third-order valence-corrected chi connectivity index (χ3v) is 3.79. The van der Waals surface area contributed by atoms with E-state index in [9.17, 15) is 9.90 Å². The zero-order chi connectivity index (χ0) is 13.7. The summed E-state index contributed by atoms with van der Waals surface area (Å²) in [4.78, 5) is 12.2. The van der Waals surface area contributed by atoms with Crippen LogP contribution in [0.1, 0.15) is 37.3 Å². The minimum Gasteiger partial charge on any atom is -0.394 e. The zero-order valence-electron chi connectivity index (χ0n) is 11.1. The summed E-state index contributed by atoms with van der Waals surface area (Å²) in [5, 5.41) is 12.4. The second-order valence-corrected chi connectivity index (χ2v) is 5.28. The summed E-state index contributed by atoms with van der Waals surface area (Å²) < 4.78 is 0. The summed E-state index contributed by atoms with van der Waals surface area (Å²) in [6.45, 7) is -0.0888. The molecule has 3 atom stereocenters. The van der Waals surface area contributed by atoms with E-state index >= 15 is 0 Å². The van der Waals surface area contributed by atoms with E-state index < -0.39 is 0 Å². The van der Waals surface area contributed by atoms with Crippen molar-refractivity contribution in [1.82, 2.24) is 5.32 Å². The maximum absolute atomic E-state index is 12.2. The molecule has 1 fully saturated rings. The van der Waals surface area contributed by atoms with E-state index in [1.165, 1.54) is 0 Å². The predicted molar refractivity (Wildman–Crippen MR) is 74.3 cm³/mol. The van der Waals surface area contributed by atoms with Gasteiger partial charge in [0.05, 0.1) is 12.6 Å². The Morgan fingerprint density at radius 2 is 2.11 bits per heavy atom. The van der Waals surface area contributed by atoms with Crippen molar-refractivity contribution in [1.29, 1.82) is 0 Å². The lowest BCUT2D eigenvalue weighted by Gasteiger charge is -2.27. The number of nitrogens with one attached hydrogen (secondary N) is 1. The molecule has 2 unspecified atom stereocenters. The molecule has 0 radical (unpaired) electrons. The Balaban J connectivity index is 1.96. The predicted octanol–water partition coefficient (Wildman–Crippen LogP) is 1.35. The van der Waals surface area contributed by atoms with Gasteiger partial charge in [0.1, 0.15) is 0 Å². The quantitative estimate of drug-likeness (QED) is 0.766. The molecule has 1 aliphatic rings. The molecule has 1 aromatic rings. The van der Waals surface area contributed by atoms with Crippen molar-refractivity contribution >= 4 is 5.91 Å². The first-order chi connectivity index (χ1) is 9.20. The number of aliphatic hydroxyl groups is 1. The van der Waals surface area contributed by atoms with Crippen molar-refractivity contribution in [2.24, 2.45) is 11.7 Å². The lowest BCUT2D eigenvalue weighted by molar-refractivity contribution is -0.127. The fourth-order valence-corrected chi connectivity index (χ4v) is 2.68. The highest BCUT2D eigenvalue weighted by Crippen LogP contribution is 2.24. The second-order valence-electron chi connectivity index (χ2n) is 5.28. The molecule has 1 amide bonds. The fraction of sp³-hybridized carbons (Fsp3) is 0.533. The number of carbonyl (C=O) groups is 1. The van der Waals surface area contributed by atoms with Crippen LogP contribution < -0.4 is 11.1 Å². The Hall–Kier alpha value is -1.39. The van der Waals surface area contributed by atoms with E-state index in [1.54, 1.807) is 0 Å². The lowest BCUT2D eigenvalue weighted by Crippen LogP contribution is -2.40. The zero-order valence-corrected chi connectivity index (χ0v) is 11.1. The summed E-state index contributed by atoms with van der Waals surface area (Å²) >= 11 is 0. The van der Waals surface area contributed by atoms with Crippen LogP contribution in [-0.4, -0.2) is 23.7 Å². The number of hydrogen-bond acceptors (Lipinski definition) is 3. The van der Waals surface area contributed by atoms with Crippen LogP contribution >= 0.6 is 0 Å². The summed E-state index contributed by atoms with van der Waals surface area (Å²) in [6, 6.07) is 9.35. The smallest absolute Gasteiger partial charge is 0.223 e. The highest BCUT2D eigenvalue weighted by Gasteiger charge is 2.26. The largest absolute Gasteiger partial charge is 0.394 e. The van der Waals surface area contributed by atoms with E-state index in [1.807, 2.05) is 30.3 Å². The Bertz CT molecular complexity index is 408. The SMILES string of the molecule is NC1CCCC(C(=O)N[C@@H](CO)c2ccccc2)C1. The Morgan fingerprint density at radius 3 is 2.74 bits per heavy atom. The van der Waals surface area contributed by atoms with Crippen LogP contribution in [0.15, 0.2) is 30.3 Å². The van der Waals surface area contributed by atoms with Gasteiger partial charge < -0.3 is 16.2 Å². The van der Waals surface area contributed by atoms with E-state index in [0.717, 1.165) is 31.2 Å². The van der Waals surface area contributed by atoms with Crippen molar-refractivity contribution in [3.8, 4) is 0 Å². The van der Waals surface area contributed by atoms with Gasteiger partial charge in [0, 0.05) is 12.0 Å². The summed E-state index contributed by atoms with van der Waals surface area (Å²) in [5.41, 5.74) is 6.84. The second kappa shape index (κ2) is 6.68. The standard InChI is InChI=1S/C15H22N2O2/c16-13-8-4-7-12(9-13)15(19)17-14(10-18)11-5-2-1-3-6-11/h1-3,5-6,12-14,18H,4,7-10,16H2,(H,17,19)/t12?,13?,14-/m0/s1. The van der Waals surface area contributed by atoms with Crippen molar-refractivity contribution in [3.05, 3.63) is 35.9 Å². The lowest BCUT2D eigenvalue weighted by atomic mass is 9.85. The first-order valence-electron chi connectivity index (χ1n) is 6.92. The molecule has 1 aromatic carbocycles. The molecule has 1 saturated carbocycles. The van der Waals surface area contributed by atoms with Crippen LogP contribution in [0.2, 0.25) is 0 Å². The molecule has 0 spiro atoms. The van der Waals surface area contributed by atoms with Crippen LogP contribution in [0.5, 0.6) is 0 Å². The van der Waals surface area contributed by atoms with Gasteiger partial charge in [0.25, 0.3) is 0 Å². The van der Waals surface area contributed by atoms with Gasteiger partial charge in [0.15, 0.2) is 0 Å². The Labute approximate surface area is 114 Å². The number of nitrogens with two attached hydrogens (primary N) is 1. The third-order valence-electron chi connectivity index (χ3n) is 3.79. The molecular weight excluding hydrogens is 240 g/mol. The highest BCUT2D eigenvalue weighted by atomic mass is 16.3. The fourth-order valence-electron chi connectivity index (χ4n) is 2.68. The molecule has 4 nitrogen and oxygen atoms in total. The van der Waals surface area contributed by atoms with Crippen LogP contribution in [0.4, 0.5) is 0 Å². The minimum atomic E-state index is -0.327. The number of aliphatic hydroxyl groups excluding tert-OH is 1. The summed E-state index contributed by atoms with van der Waals surface area (Å²) in [5.74, 6) is -0.000402. The number of benzene rings is 1. The van der Waals surface area contributed by atoms with Crippen LogP contribution in [0.25, 0.3) is 0 Å². The molecular formula is C15H22N2O2. The van der Waals surface area contributed by atoms with Gasteiger partial charge in [-0.1, -0.05) is 36.8 Å². The van der Waals surface area contributed by atoms with Gasteiger partial charge in [-0.15, -0.1) is 0 Å². The molecule has 1 aliphatic carbocycles. The molecule has 2 rings (SSSR count). The van der Waals surface area contributed by atoms with Gasteiger partial charge in [-0.25, -0.2) is 0 Å². The van der Waals surface area contributed by atoms with E-state index in [2.05, 4.69) is 5.32 Å². The summed E-state index contributed by atoms with van der Waals surface area (Å²) in [7, 11) is 0. The van der Waals surface area contributed by atoms with Gasteiger partial charge in [-0.05, 0) is 24.8 Å². The first kappa shape index (κ1) is 14.0. The molecule has 0 heterocycles. The average molecular weight is 262 g/mol. The molecule has 19 heavy (non-hydrogen) atoms. The van der Waals surface area contributed by atoms with Crippen LogP contribution in [0, 0.1) is 5.92 Å². The minimum absolute atomic E-state index is 0.0121. The number of carbonyl (C=O) groups excluding carboxylic acids is 1. The topological polar surface area (TPSA) is 75.4 Å². The number of amides is 1. The highest BCUT2D eigenvalue weighted by molar-refractivity contribution is 5.79. The van der Waals surface area contributed by atoms with Crippen LogP contribution in [0.3, 0.4) is 0 Å². The van der Waals surface area contributed by atoms with Crippen LogP contribution in [-0.2, 0) is 4.79 Å². The molecule has 4 heteroatoms. The van der Waals surface area contributed by atoms with Crippen molar-refractivity contribution < 1.29 is 9.90 Å². The van der Waals surface area contributed by atoms with E-state index in [4.69, 9.17) is 5.73 Å². The van der Waals surface area contributed by atoms with Crippen molar-refractivity contribution in [3.63, 3.8) is 0 Å². The number of hydrogen-bond donors (Lipinski definition) is 3. The third kappa shape index (κ3) is 3.78. The van der Waals surface area contributed by atoms with Gasteiger partial charge in [0.2, 0.25) is 5.91 Å². The average Bonchev–Trinajstić information content (AvgIpc) is 2.45. The molecule has 0 aromatic heterocycles. The Kier molecular flexibility index (Phi) is 4.93. The summed E-state index contributed by atoms with van der Waals surface area (Å²) in [6.07, 6.45) is 3.66. The van der Waals surface area contributed by atoms with Crippen molar-refractivity contribution in [2.45, 2.75) is 37.8 Å². The first-order valence-corrected chi connectivity index (χ1v) is 6.92. The van der Waals surface area contributed by atoms with E-state index in [-0.39, 0.29) is 30.5 Å². The molecule has 4 N–H and O–H groups in total. The molecule has 0 bridgehead atoms. The van der Waals surface area contributed by atoms with Gasteiger partial charge >= 0.3 is 0 Å². The number of rotatable bonds is 4. The molecule has 104 valence electrons. The maximum atomic E-state index is 12.2. The Morgan fingerprint density at radius 1 is 1.37 bits per heavy atom. The maximum Gasteiger partial charge on any atom is 0.223 e. The van der Waals surface area contributed by atoms with Gasteiger partial charge in [-0.3, -0.25) is 4.79 Å².